The van der Waals surface area contributed by atoms with E-state index in [1.165, 1.54) is 5.56 Å². The highest BCUT2D eigenvalue weighted by Gasteiger charge is 2.12. The predicted molar refractivity (Wildman–Crippen MR) is 115 cm³/mol. The van der Waals surface area contributed by atoms with Gasteiger partial charge >= 0.3 is 0 Å². The van der Waals surface area contributed by atoms with Gasteiger partial charge in [-0.25, -0.2) is 14.8 Å². The molecule has 0 saturated carbocycles. The fourth-order valence-corrected chi connectivity index (χ4v) is 3.45. The van der Waals surface area contributed by atoms with Gasteiger partial charge in [0.05, 0.1) is 6.54 Å². The van der Waals surface area contributed by atoms with E-state index < -0.39 is 0 Å². The first-order chi connectivity index (χ1) is 14.6. The summed E-state index contributed by atoms with van der Waals surface area (Å²) in [4.78, 5) is 4.80. The Morgan fingerprint density at radius 2 is 1.93 bits per heavy atom. The second-order valence-corrected chi connectivity index (χ2v) is 8.03. The Morgan fingerprint density at radius 1 is 1.10 bits per heavy atom. The van der Waals surface area contributed by atoms with Crippen LogP contribution in [0.5, 0.6) is 0 Å². The number of benzene rings is 1. The highest BCUT2D eigenvalue weighted by Crippen LogP contribution is 2.18. The summed E-state index contributed by atoms with van der Waals surface area (Å²) in [6.45, 7) is 7.36. The van der Waals surface area contributed by atoms with E-state index in [0.717, 1.165) is 55.1 Å². The third-order valence-electron chi connectivity index (χ3n) is 5.02. The summed E-state index contributed by atoms with van der Waals surface area (Å²) in [5.74, 6) is 3.26. The lowest BCUT2D eigenvalue weighted by molar-refractivity contribution is 0.592. The van der Waals surface area contributed by atoms with Crippen molar-refractivity contribution in [3.63, 3.8) is 0 Å². The number of hydrogen-bond acceptors (Lipinski definition) is 5. The number of aromatic nitrogens is 8. The summed E-state index contributed by atoms with van der Waals surface area (Å²) in [7, 11) is 0. The molecule has 8 nitrogen and oxygen atoms in total. The smallest absolute Gasteiger partial charge is 0.180 e. The van der Waals surface area contributed by atoms with Crippen molar-refractivity contribution in [2.75, 3.05) is 0 Å². The molecular weight excluding hydrogens is 376 g/mol. The lowest BCUT2D eigenvalue weighted by atomic mass is 10.1. The molecule has 0 radical (unpaired) electrons. The maximum Gasteiger partial charge on any atom is 0.180 e. The number of nitrogens with one attached hydrogen (secondary N) is 1. The molecule has 0 aliphatic rings. The number of rotatable bonds is 9. The largest absolute Gasteiger partial charge is 0.323 e. The number of tetrazole rings is 1. The fraction of sp³-hybridized carbons (Fsp3) is 0.409. The quantitative estimate of drug-likeness (QED) is 0.458. The normalized spacial score (nSPS) is 11.5. The Bertz CT molecular complexity index is 1060. The molecule has 0 atom stereocenters. The van der Waals surface area contributed by atoms with Gasteiger partial charge in [-0.15, -0.1) is 5.10 Å². The van der Waals surface area contributed by atoms with Gasteiger partial charge in [-0.2, -0.15) is 5.10 Å². The average Bonchev–Trinajstić information content (AvgIpc) is 3.48. The summed E-state index contributed by atoms with van der Waals surface area (Å²) in [5.41, 5.74) is 3.25. The van der Waals surface area contributed by atoms with Crippen LogP contribution in [0.4, 0.5) is 0 Å². The van der Waals surface area contributed by atoms with E-state index >= 15 is 0 Å². The van der Waals surface area contributed by atoms with E-state index in [-0.39, 0.29) is 0 Å². The van der Waals surface area contributed by atoms with Crippen LogP contribution in [0, 0.1) is 5.92 Å². The first kappa shape index (κ1) is 20.0. The second-order valence-electron chi connectivity index (χ2n) is 8.03. The van der Waals surface area contributed by atoms with Crippen molar-refractivity contribution in [3.8, 4) is 17.1 Å². The Kier molecular flexibility index (Phi) is 6.02. The molecule has 30 heavy (non-hydrogen) atoms. The van der Waals surface area contributed by atoms with Crippen molar-refractivity contribution < 1.29 is 0 Å². The van der Waals surface area contributed by atoms with Crippen molar-refractivity contribution in [1.29, 1.82) is 0 Å². The van der Waals surface area contributed by atoms with Crippen LogP contribution in [-0.2, 0) is 19.4 Å². The van der Waals surface area contributed by atoms with Gasteiger partial charge in [0.1, 0.15) is 5.82 Å². The van der Waals surface area contributed by atoms with Crippen LogP contribution < -0.4 is 0 Å². The average molecular weight is 405 g/mol. The molecule has 4 aromatic rings. The molecule has 0 bridgehead atoms. The maximum absolute atomic E-state index is 4.80. The number of H-pyrrole nitrogens is 1. The number of aryl methyl sites for hydroxylation is 1. The predicted octanol–water partition coefficient (Wildman–Crippen LogP) is 3.84. The van der Waals surface area contributed by atoms with Crippen molar-refractivity contribution in [2.24, 2.45) is 5.92 Å². The Hall–Kier alpha value is -3.29. The number of hydrogen-bond donors (Lipinski definition) is 1. The summed E-state index contributed by atoms with van der Waals surface area (Å²) in [6.07, 6.45) is 8.20. The van der Waals surface area contributed by atoms with Gasteiger partial charge < -0.3 is 4.57 Å². The van der Waals surface area contributed by atoms with Crippen LogP contribution in [0.15, 0.2) is 42.7 Å². The van der Waals surface area contributed by atoms with Crippen LogP contribution in [0.2, 0.25) is 0 Å². The molecule has 8 heteroatoms. The van der Waals surface area contributed by atoms with Gasteiger partial charge in [0.25, 0.3) is 0 Å². The summed E-state index contributed by atoms with van der Waals surface area (Å²) >= 11 is 0. The fourth-order valence-electron chi connectivity index (χ4n) is 3.45. The molecule has 4 rings (SSSR count). The molecule has 3 aromatic heterocycles. The lowest BCUT2D eigenvalue weighted by Crippen LogP contribution is -2.07. The second kappa shape index (κ2) is 9.02. The van der Waals surface area contributed by atoms with Gasteiger partial charge in [0.2, 0.25) is 0 Å². The monoisotopic (exact) mass is 404 g/mol. The van der Waals surface area contributed by atoms with E-state index in [0.29, 0.717) is 11.7 Å². The number of nitrogens with zero attached hydrogens (tertiary/aromatic N) is 7. The van der Waals surface area contributed by atoms with Crippen LogP contribution >= 0.6 is 0 Å². The molecule has 0 amide bonds. The standard InChI is InChI=1S/C22H28N8/c1-4-5-6-21-23-20(13-16(2)3)26-30(21)14-17-7-9-19(10-8-17)29-12-11-18(15-29)22-24-27-28-25-22/h7-12,15-16H,4-6,13-14H2,1-3H3,(H,24,25,27,28). The van der Waals surface area contributed by atoms with Crippen LogP contribution in [-0.4, -0.2) is 40.0 Å². The minimum atomic E-state index is 0.554. The highest BCUT2D eigenvalue weighted by molar-refractivity contribution is 5.54. The Balaban J connectivity index is 1.50. The summed E-state index contributed by atoms with van der Waals surface area (Å²) < 4.78 is 4.14. The van der Waals surface area contributed by atoms with Crippen LogP contribution in [0.25, 0.3) is 17.1 Å². The van der Waals surface area contributed by atoms with Gasteiger partial charge in [-0.1, -0.05) is 39.3 Å². The Labute approximate surface area is 176 Å². The van der Waals surface area contributed by atoms with Gasteiger partial charge in [-0.3, -0.25) is 0 Å². The molecule has 0 unspecified atom stereocenters. The molecule has 3 heterocycles. The zero-order valence-corrected chi connectivity index (χ0v) is 17.8. The van der Waals surface area contributed by atoms with Gasteiger partial charge in [-0.05, 0) is 46.5 Å². The topological polar surface area (TPSA) is 90.1 Å². The highest BCUT2D eigenvalue weighted by atomic mass is 15.5. The molecule has 0 saturated heterocycles. The number of unbranched alkanes of at least 4 members (excludes halogenated alkanes) is 1. The molecule has 0 aliphatic heterocycles. The minimum Gasteiger partial charge on any atom is -0.323 e. The third kappa shape index (κ3) is 4.64. The van der Waals surface area contributed by atoms with Gasteiger partial charge in [0.15, 0.2) is 11.6 Å². The number of aromatic amines is 1. The van der Waals surface area contributed by atoms with Crippen molar-refractivity contribution in [1.82, 2.24) is 40.0 Å². The van der Waals surface area contributed by atoms with Crippen LogP contribution in [0.3, 0.4) is 0 Å². The molecule has 0 fully saturated rings. The SMILES string of the molecule is CCCCc1nc(CC(C)C)nn1Cc1ccc(-n2ccc(-c3nnn[nH]3)c2)cc1. The zero-order chi connectivity index (χ0) is 20.9. The lowest BCUT2D eigenvalue weighted by Gasteiger charge is -2.08. The Morgan fingerprint density at radius 3 is 2.63 bits per heavy atom. The molecule has 156 valence electrons. The van der Waals surface area contributed by atoms with E-state index in [1.807, 2.05) is 18.5 Å². The zero-order valence-electron chi connectivity index (χ0n) is 17.8. The molecule has 1 N–H and O–H groups in total. The van der Waals surface area contributed by atoms with Crippen molar-refractivity contribution in [3.05, 3.63) is 59.9 Å². The molecular formula is C22H28N8. The maximum atomic E-state index is 4.80. The van der Waals surface area contributed by atoms with Gasteiger partial charge in [0, 0.05) is 36.5 Å². The first-order valence-electron chi connectivity index (χ1n) is 10.6. The minimum absolute atomic E-state index is 0.554. The van der Waals surface area contributed by atoms with Crippen molar-refractivity contribution in [2.45, 2.75) is 53.0 Å². The molecule has 0 aliphatic carbocycles. The summed E-state index contributed by atoms with van der Waals surface area (Å²) in [5, 5.41) is 18.8. The van der Waals surface area contributed by atoms with E-state index in [4.69, 9.17) is 10.1 Å². The third-order valence-corrected chi connectivity index (χ3v) is 5.02. The van der Waals surface area contributed by atoms with E-state index in [2.05, 4.69) is 74.9 Å². The molecule has 0 spiro atoms. The van der Waals surface area contributed by atoms with E-state index in [9.17, 15) is 0 Å². The van der Waals surface area contributed by atoms with Crippen LogP contribution in [0.1, 0.15) is 50.8 Å². The van der Waals surface area contributed by atoms with E-state index in [1.54, 1.807) is 0 Å². The first-order valence-corrected chi connectivity index (χ1v) is 10.6. The summed E-state index contributed by atoms with van der Waals surface area (Å²) in [6, 6.07) is 10.5. The molecule has 1 aromatic carbocycles. The van der Waals surface area contributed by atoms with Crippen molar-refractivity contribution >= 4 is 0 Å².